The van der Waals surface area contributed by atoms with E-state index in [1.54, 1.807) is 0 Å². The van der Waals surface area contributed by atoms with Crippen molar-refractivity contribution in [1.29, 1.82) is 0 Å². The summed E-state index contributed by atoms with van der Waals surface area (Å²) in [7, 11) is 0. The summed E-state index contributed by atoms with van der Waals surface area (Å²) in [5, 5.41) is 8.70. The van der Waals surface area contributed by atoms with Gasteiger partial charge < -0.3 is 19.3 Å². The normalized spacial score (nSPS) is 20.4. The highest BCUT2D eigenvalue weighted by Gasteiger charge is 2.37. The lowest BCUT2D eigenvalue weighted by Crippen LogP contribution is -2.35. The number of esters is 3. The second-order valence-corrected chi connectivity index (χ2v) is 5.47. The van der Waals surface area contributed by atoms with Gasteiger partial charge in [0.05, 0.1) is 18.4 Å². The summed E-state index contributed by atoms with van der Waals surface area (Å²) in [6, 6.07) is 0. The summed E-state index contributed by atoms with van der Waals surface area (Å²) in [5.74, 6) is -2.59. The van der Waals surface area contributed by atoms with Crippen molar-refractivity contribution in [2.24, 2.45) is 11.8 Å². The van der Waals surface area contributed by atoms with Crippen LogP contribution in [0.2, 0.25) is 0 Å². The lowest BCUT2D eigenvalue weighted by Gasteiger charge is -2.28. The van der Waals surface area contributed by atoms with Gasteiger partial charge in [0.2, 0.25) is 0 Å². The third-order valence-electron chi connectivity index (χ3n) is 3.62. The summed E-state index contributed by atoms with van der Waals surface area (Å²) < 4.78 is 14.8. The van der Waals surface area contributed by atoms with Gasteiger partial charge in [-0.1, -0.05) is 19.4 Å². The number of rotatable bonds is 8. The highest BCUT2D eigenvalue weighted by atomic mass is 16.6. The molecule has 1 N–H and O–H groups in total. The first-order valence-electron chi connectivity index (χ1n) is 7.74. The molecule has 0 aromatic rings. The Labute approximate surface area is 135 Å². The molecule has 1 rings (SSSR count). The molecule has 1 saturated carbocycles. The minimum atomic E-state index is -0.549. The van der Waals surface area contributed by atoms with Gasteiger partial charge >= 0.3 is 17.9 Å². The van der Waals surface area contributed by atoms with Crippen LogP contribution in [0.5, 0.6) is 0 Å². The Morgan fingerprint density at radius 1 is 0.957 bits per heavy atom. The molecule has 130 valence electrons. The average molecular weight is 328 g/mol. The van der Waals surface area contributed by atoms with Crippen LogP contribution < -0.4 is 0 Å². The highest BCUT2D eigenvalue weighted by molar-refractivity contribution is 5.87. The fraction of sp³-hybridized carbons (Fsp3) is 0.688. The predicted octanol–water partition coefficient (Wildman–Crippen LogP) is 0.991. The largest absolute Gasteiger partial charge is 0.463 e. The van der Waals surface area contributed by atoms with E-state index in [4.69, 9.17) is 19.3 Å². The molecule has 1 aliphatic rings. The first-order valence-corrected chi connectivity index (χ1v) is 7.74. The van der Waals surface area contributed by atoms with Crippen LogP contribution in [0.4, 0.5) is 0 Å². The van der Waals surface area contributed by atoms with Gasteiger partial charge in [-0.15, -0.1) is 0 Å². The van der Waals surface area contributed by atoms with Gasteiger partial charge in [0, 0.05) is 5.57 Å². The van der Waals surface area contributed by atoms with E-state index >= 15 is 0 Å². The molecular formula is C16H24O7. The van der Waals surface area contributed by atoms with Crippen molar-refractivity contribution in [2.75, 3.05) is 26.4 Å². The first kappa shape index (κ1) is 19.2. The third kappa shape index (κ3) is 6.40. The van der Waals surface area contributed by atoms with Crippen LogP contribution in [0.15, 0.2) is 12.2 Å². The molecule has 0 spiro atoms. The number of aliphatic hydroxyl groups excluding tert-OH is 1. The van der Waals surface area contributed by atoms with Gasteiger partial charge in [-0.25, -0.2) is 4.79 Å². The van der Waals surface area contributed by atoms with Crippen LogP contribution in [0, 0.1) is 11.8 Å². The predicted molar refractivity (Wildman–Crippen MR) is 80.2 cm³/mol. The maximum atomic E-state index is 12.1. The van der Waals surface area contributed by atoms with Crippen molar-refractivity contribution in [3.63, 3.8) is 0 Å². The Balaban J connectivity index is 2.43. The monoisotopic (exact) mass is 328 g/mol. The minimum absolute atomic E-state index is 0.0518. The second-order valence-electron chi connectivity index (χ2n) is 5.47. The van der Waals surface area contributed by atoms with Crippen molar-refractivity contribution in [3.05, 3.63) is 12.2 Å². The first-order chi connectivity index (χ1) is 11.0. The smallest absolute Gasteiger partial charge is 0.333 e. The van der Waals surface area contributed by atoms with Crippen molar-refractivity contribution in [2.45, 2.75) is 32.6 Å². The van der Waals surface area contributed by atoms with Gasteiger partial charge in [-0.3, -0.25) is 9.59 Å². The van der Waals surface area contributed by atoms with E-state index < -0.39 is 29.7 Å². The van der Waals surface area contributed by atoms with Crippen LogP contribution in [-0.4, -0.2) is 49.4 Å². The Bertz CT molecular complexity index is 444. The summed E-state index contributed by atoms with van der Waals surface area (Å²) >= 11 is 0. The second kappa shape index (κ2) is 9.99. The van der Waals surface area contributed by atoms with E-state index in [-0.39, 0.29) is 32.0 Å². The zero-order valence-corrected chi connectivity index (χ0v) is 13.4. The average Bonchev–Trinajstić information content (AvgIpc) is 2.55. The molecule has 7 heteroatoms. The van der Waals surface area contributed by atoms with Gasteiger partial charge in [-0.05, 0) is 19.8 Å². The van der Waals surface area contributed by atoms with Gasteiger partial charge in [0.25, 0.3) is 0 Å². The van der Waals surface area contributed by atoms with Crippen molar-refractivity contribution < 1.29 is 33.7 Å². The molecule has 2 atom stereocenters. The summed E-state index contributed by atoms with van der Waals surface area (Å²) in [6.07, 6.45) is 2.81. The van der Waals surface area contributed by atoms with Crippen LogP contribution >= 0.6 is 0 Å². The Morgan fingerprint density at radius 2 is 1.43 bits per heavy atom. The third-order valence-corrected chi connectivity index (χ3v) is 3.62. The van der Waals surface area contributed by atoms with E-state index in [1.807, 2.05) is 0 Å². The molecule has 0 heterocycles. The quantitative estimate of drug-likeness (QED) is 0.307. The molecule has 0 saturated heterocycles. The van der Waals surface area contributed by atoms with E-state index in [2.05, 4.69) is 6.58 Å². The number of aliphatic hydroxyl groups is 1. The van der Waals surface area contributed by atoms with Gasteiger partial charge in [0.1, 0.15) is 19.8 Å². The topological polar surface area (TPSA) is 99.1 Å². The maximum Gasteiger partial charge on any atom is 0.333 e. The molecule has 7 nitrogen and oxygen atoms in total. The number of carbonyl (C=O) groups is 3. The fourth-order valence-corrected chi connectivity index (χ4v) is 2.46. The number of ether oxygens (including phenoxy) is 3. The van der Waals surface area contributed by atoms with Crippen LogP contribution in [0.3, 0.4) is 0 Å². The molecule has 1 fully saturated rings. The molecule has 0 aromatic heterocycles. The van der Waals surface area contributed by atoms with Gasteiger partial charge in [0.15, 0.2) is 0 Å². The van der Waals surface area contributed by atoms with Crippen molar-refractivity contribution in [1.82, 2.24) is 0 Å². The molecule has 0 aliphatic heterocycles. The number of hydrogen-bond acceptors (Lipinski definition) is 7. The zero-order chi connectivity index (χ0) is 17.2. The molecule has 23 heavy (non-hydrogen) atoms. The van der Waals surface area contributed by atoms with Crippen LogP contribution in [0.1, 0.15) is 32.6 Å². The number of carbonyl (C=O) groups excluding carboxylic acids is 3. The Kier molecular flexibility index (Phi) is 8.32. The Morgan fingerprint density at radius 3 is 1.91 bits per heavy atom. The summed E-state index contributed by atoms with van der Waals surface area (Å²) in [6.45, 7) is 4.53. The number of hydrogen-bond donors (Lipinski definition) is 1. The summed E-state index contributed by atoms with van der Waals surface area (Å²) in [5.41, 5.74) is 0.273. The fourth-order valence-electron chi connectivity index (χ4n) is 2.46. The summed E-state index contributed by atoms with van der Waals surface area (Å²) in [4.78, 5) is 35.3. The molecule has 1 aliphatic carbocycles. The van der Waals surface area contributed by atoms with E-state index in [0.717, 1.165) is 12.8 Å². The van der Waals surface area contributed by atoms with E-state index in [0.29, 0.717) is 12.8 Å². The highest BCUT2D eigenvalue weighted by Crippen LogP contribution is 2.32. The maximum absolute atomic E-state index is 12.1. The Hall–Kier alpha value is -1.89. The van der Waals surface area contributed by atoms with E-state index in [9.17, 15) is 14.4 Å². The molecule has 0 aromatic carbocycles. The van der Waals surface area contributed by atoms with Crippen molar-refractivity contribution >= 4 is 17.9 Å². The van der Waals surface area contributed by atoms with E-state index in [1.165, 1.54) is 6.92 Å². The van der Waals surface area contributed by atoms with Crippen LogP contribution in [0.25, 0.3) is 0 Å². The minimum Gasteiger partial charge on any atom is -0.463 e. The molecule has 0 amide bonds. The standard InChI is InChI=1S/C16H24O7/c1-11(2)14(18)22-9-10-23-16(20)13-6-4-3-5-12(13)15(19)21-8-7-17/h12-13,17H,1,3-10H2,2H3. The molecule has 0 bridgehead atoms. The zero-order valence-electron chi connectivity index (χ0n) is 13.4. The lowest BCUT2D eigenvalue weighted by atomic mass is 9.79. The lowest BCUT2D eigenvalue weighted by molar-refractivity contribution is -0.164. The van der Waals surface area contributed by atoms with Crippen LogP contribution in [-0.2, 0) is 28.6 Å². The molecular weight excluding hydrogens is 304 g/mol. The molecule has 2 unspecified atom stereocenters. The molecule has 0 radical (unpaired) electrons. The van der Waals surface area contributed by atoms with Crippen molar-refractivity contribution in [3.8, 4) is 0 Å². The SMILES string of the molecule is C=C(C)C(=O)OCCOC(=O)C1CCCCC1C(=O)OCCO. The van der Waals surface area contributed by atoms with Gasteiger partial charge in [-0.2, -0.15) is 0 Å².